The van der Waals surface area contributed by atoms with Crippen molar-refractivity contribution in [2.75, 3.05) is 26.0 Å². The summed E-state index contributed by atoms with van der Waals surface area (Å²) in [7, 11) is 4.05. The molecule has 3 amide bonds. The number of hydrogen-bond donors (Lipinski definition) is 3. The number of ether oxygens (including phenoxy) is 1. The second-order valence-corrected chi connectivity index (χ2v) is 15.3. The van der Waals surface area contributed by atoms with E-state index in [0.717, 1.165) is 41.2 Å². The molecule has 1 saturated carbocycles. The maximum absolute atomic E-state index is 13.4. The van der Waals surface area contributed by atoms with Crippen LogP contribution in [-0.4, -0.2) is 67.6 Å². The molecule has 2 aliphatic carbocycles. The fourth-order valence-corrected chi connectivity index (χ4v) is 6.20. The molecule has 0 aliphatic heterocycles. The van der Waals surface area contributed by atoms with Gasteiger partial charge in [-0.1, -0.05) is 65.8 Å². The number of pyridine rings is 1. The highest BCUT2D eigenvalue weighted by Crippen LogP contribution is 2.40. The second kappa shape index (κ2) is 12.5. The molecule has 3 heterocycles. The number of aromatic nitrogens is 5. The van der Waals surface area contributed by atoms with Crippen LogP contribution in [0.15, 0.2) is 48.7 Å². The summed E-state index contributed by atoms with van der Waals surface area (Å²) in [6.07, 6.45) is 5.21. The lowest BCUT2D eigenvalue weighted by atomic mass is 9.85. The zero-order chi connectivity index (χ0) is 34.4. The van der Waals surface area contributed by atoms with Crippen molar-refractivity contribution in [2.24, 2.45) is 0 Å². The first-order chi connectivity index (χ1) is 22.6. The minimum absolute atomic E-state index is 0.0144. The molecular formula is C36H47N9O3. The van der Waals surface area contributed by atoms with Crippen LogP contribution < -0.4 is 20.7 Å². The second-order valence-electron chi connectivity index (χ2n) is 15.3. The highest BCUT2D eigenvalue weighted by atomic mass is 16.5. The number of carbonyl (C=O) groups is 2. The van der Waals surface area contributed by atoms with Gasteiger partial charge in [0.15, 0.2) is 5.65 Å². The summed E-state index contributed by atoms with van der Waals surface area (Å²) in [6, 6.07) is 13.0. The molecule has 0 bridgehead atoms. The van der Waals surface area contributed by atoms with Gasteiger partial charge < -0.3 is 20.3 Å². The SMILES string of the molecule is CN(C)C1(CNC(=O)c2nc(NC(=O)N[C@H]3CC[C@@H](Oc4ccc5nnc(C(C)(C)C)n5c4)c4ccccc43)cc(C(C)(C)C)n2)CC1. The minimum Gasteiger partial charge on any atom is -0.484 e. The van der Waals surface area contributed by atoms with E-state index in [9.17, 15) is 9.59 Å². The van der Waals surface area contributed by atoms with E-state index in [1.54, 1.807) is 6.07 Å². The van der Waals surface area contributed by atoms with E-state index >= 15 is 0 Å². The van der Waals surface area contributed by atoms with Crippen LogP contribution in [0.5, 0.6) is 5.75 Å². The lowest BCUT2D eigenvalue weighted by Gasteiger charge is -2.32. The Bertz CT molecular complexity index is 1830. The van der Waals surface area contributed by atoms with Gasteiger partial charge in [0.2, 0.25) is 5.82 Å². The maximum Gasteiger partial charge on any atom is 0.320 e. The molecule has 2 atom stereocenters. The summed E-state index contributed by atoms with van der Waals surface area (Å²) in [4.78, 5) is 37.8. The van der Waals surface area contributed by atoms with Crippen LogP contribution in [-0.2, 0) is 10.8 Å². The number of amides is 3. The van der Waals surface area contributed by atoms with E-state index < -0.39 is 6.03 Å². The first kappa shape index (κ1) is 33.3. The van der Waals surface area contributed by atoms with Crippen molar-refractivity contribution < 1.29 is 14.3 Å². The Labute approximate surface area is 282 Å². The third-order valence-electron chi connectivity index (χ3n) is 9.36. The predicted octanol–water partition coefficient (Wildman–Crippen LogP) is 5.72. The highest BCUT2D eigenvalue weighted by Gasteiger charge is 2.45. The molecule has 0 spiro atoms. The number of urea groups is 1. The average molecular weight is 654 g/mol. The Morgan fingerprint density at radius 3 is 2.35 bits per heavy atom. The number of nitrogens with one attached hydrogen (secondary N) is 3. The van der Waals surface area contributed by atoms with E-state index in [1.165, 1.54) is 0 Å². The summed E-state index contributed by atoms with van der Waals surface area (Å²) in [5, 5.41) is 17.7. The molecule has 6 rings (SSSR count). The molecule has 12 heteroatoms. The van der Waals surface area contributed by atoms with E-state index in [-0.39, 0.29) is 46.1 Å². The van der Waals surface area contributed by atoms with E-state index in [2.05, 4.69) is 67.9 Å². The van der Waals surface area contributed by atoms with Crippen molar-refractivity contribution in [1.82, 2.24) is 40.1 Å². The Morgan fingerprint density at radius 2 is 1.69 bits per heavy atom. The number of carbonyl (C=O) groups excluding carboxylic acids is 2. The quantitative estimate of drug-likeness (QED) is 0.220. The number of anilines is 1. The lowest BCUT2D eigenvalue weighted by molar-refractivity contribution is 0.0927. The maximum atomic E-state index is 13.4. The molecule has 254 valence electrons. The molecule has 0 radical (unpaired) electrons. The van der Waals surface area contributed by atoms with Crippen LogP contribution in [0, 0.1) is 0 Å². The van der Waals surface area contributed by atoms with Crippen LogP contribution in [0.3, 0.4) is 0 Å². The molecule has 1 fully saturated rings. The van der Waals surface area contributed by atoms with Gasteiger partial charge in [0.1, 0.15) is 23.5 Å². The predicted molar refractivity (Wildman–Crippen MR) is 184 cm³/mol. The Kier molecular flexibility index (Phi) is 8.65. The standard InChI is InChI=1S/C36H47N9O3/c1-34(2,3)27-19-28(40-30(39-27)31(46)37-21-36(17-18-36)44(7)8)41-33(47)38-25-14-15-26(24-12-10-9-11-23(24)25)48-22-13-16-29-42-43-32(35(4,5)6)45(29)20-22/h9-13,16,19-20,25-26H,14-15,17-18,21H2,1-8H3,(H,37,46)(H2,38,39,40,41,47)/t25-,26+/m0/s1. The van der Waals surface area contributed by atoms with Crippen molar-refractivity contribution in [3.63, 3.8) is 0 Å². The molecule has 3 N–H and O–H groups in total. The summed E-state index contributed by atoms with van der Waals surface area (Å²) in [5.74, 6) is 1.54. The lowest BCUT2D eigenvalue weighted by Crippen LogP contribution is -2.42. The van der Waals surface area contributed by atoms with Crippen molar-refractivity contribution in [2.45, 2.75) is 95.7 Å². The van der Waals surface area contributed by atoms with E-state index in [1.807, 2.05) is 75.8 Å². The van der Waals surface area contributed by atoms with Gasteiger partial charge in [0, 0.05) is 29.0 Å². The van der Waals surface area contributed by atoms with Gasteiger partial charge in [0.05, 0.1) is 17.9 Å². The van der Waals surface area contributed by atoms with Gasteiger partial charge in [0.25, 0.3) is 5.91 Å². The minimum atomic E-state index is -0.406. The molecular weight excluding hydrogens is 606 g/mol. The van der Waals surface area contributed by atoms with Crippen molar-refractivity contribution in [3.05, 3.63) is 77.1 Å². The van der Waals surface area contributed by atoms with Crippen molar-refractivity contribution in [1.29, 1.82) is 0 Å². The van der Waals surface area contributed by atoms with Gasteiger partial charge in [-0.05, 0) is 63.0 Å². The summed E-state index contributed by atoms with van der Waals surface area (Å²) in [5.41, 5.74) is 2.90. The van der Waals surface area contributed by atoms with Crippen molar-refractivity contribution in [3.8, 4) is 5.75 Å². The number of benzene rings is 1. The normalized spacial score (nSPS) is 18.7. The number of fused-ring (bicyclic) bond motifs is 2. The number of likely N-dealkylation sites (N-methyl/N-ethyl adjacent to an activating group) is 1. The third-order valence-corrected chi connectivity index (χ3v) is 9.36. The molecule has 1 aromatic carbocycles. The first-order valence-corrected chi connectivity index (χ1v) is 16.7. The molecule has 4 aromatic rings. The van der Waals surface area contributed by atoms with Gasteiger partial charge in [-0.25, -0.2) is 14.8 Å². The summed E-state index contributed by atoms with van der Waals surface area (Å²) < 4.78 is 8.54. The fraction of sp³-hybridized carbons (Fsp3) is 0.500. The topological polar surface area (TPSA) is 139 Å². The molecule has 48 heavy (non-hydrogen) atoms. The number of rotatable bonds is 8. The van der Waals surface area contributed by atoms with Crippen LogP contribution in [0.4, 0.5) is 10.6 Å². The third kappa shape index (κ3) is 6.99. The monoisotopic (exact) mass is 653 g/mol. The molecule has 3 aromatic heterocycles. The van der Waals surface area contributed by atoms with Crippen molar-refractivity contribution >= 4 is 23.4 Å². The smallest absolute Gasteiger partial charge is 0.320 e. The highest BCUT2D eigenvalue weighted by molar-refractivity contribution is 5.92. The van der Waals surface area contributed by atoms with E-state index in [0.29, 0.717) is 25.1 Å². The molecule has 12 nitrogen and oxygen atoms in total. The molecule has 0 saturated heterocycles. The van der Waals surface area contributed by atoms with Gasteiger partial charge in [-0.3, -0.25) is 14.5 Å². The van der Waals surface area contributed by atoms with Gasteiger partial charge >= 0.3 is 6.03 Å². The van der Waals surface area contributed by atoms with Gasteiger partial charge in [-0.15, -0.1) is 10.2 Å². The Morgan fingerprint density at radius 1 is 0.958 bits per heavy atom. The Balaban J connectivity index is 1.16. The zero-order valence-corrected chi connectivity index (χ0v) is 29.2. The fourth-order valence-electron chi connectivity index (χ4n) is 6.20. The molecule has 2 aliphatic rings. The zero-order valence-electron chi connectivity index (χ0n) is 29.2. The Hall–Kier alpha value is -4.58. The summed E-state index contributed by atoms with van der Waals surface area (Å²) >= 11 is 0. The van der Waals surface area contributed by atoms with E-state index in [4.69, 9.17) is 4.74 Å². The van der Waals surface area contributed by atoms with Crippen LogP contribution in [0.2, 0.25) is 0 Å². The number of nitrogens with zero attached hydrogens (tertiary/aromatic N) is 6. The average Bonchev–Trinajstić information content (AvgIpc) is 3.70. The molecule has 0 unspecified atom stereocenters. The summed E-state index contributed by atoms with van der Waals surface area (Å²) in [6.45, 7) is 12.9. The first-order valence-electron chi connectivity index (χ1n) is 16.7. The van der Waals surface area contributed by atoms with Crippen LogP contribution >= 0.6 is 0 Å². The largest absolute Gasteiger partial charge is 0.484 e. The van der Waals surface area contributed by atoms with Crippen LogP contribution in [0.1, 0.15) is 113 Å². The number of hydrogen-bond acceptors (Lipinski definition) is 8. The van der Waals surface area contributed by atoms with Crippen LogP contribution in [0.25, 0.3) is 5.65 Å². The van der Waals surface area contributed by atoms with Gasteiger partial charge in [-0.2, -0.15) is 0 Å².